The zero-order chi connectivity index (χ0) is 21.6. The maximum atomic E-state index is 12.8. The van der Waals surface area contributed by atoms with E-state index < -0.39 is 10.0 Å². The van der Waals surface area contributed by atoms with E-state index in [4.69, 9.17) is 16.3 Å². The molecule has 1 saturated heterocycles. The number of nitrogens with zero attached hydrogens (tertiary/aromatic N) is 1. The lowest BCUT2D eigenvalue weighted by Gasteiger charge is -2.20. The Hall–Kier alpha value is -2.09. The quantitative estimate of drug-likeness (QED) is 0.674. The van der Waals surface area contributed by atoms with Gasteiger partial charge < -0.3 is 10.1 Å². The molecule has 0 atom stereocenters. The first kappa shape index (κ1) is 22.6. The van der Waals surface area contributed by atoms with Crippen LogP contribution in [0, 0.1) is 0 Å². The van der Waals surface area contributed by atoms with Crippen molar-refractivity contribution in [3.05, 3.63) is 53.1 Å². The summed E-state index contributed by atoms with van der Waals surface area (Å²) in [6.07, 6.45) is 4.72. The summed E-state index contributed by atoms with van der Waals surface area (Å²) in [7, 11) is -1.93. The van der Waals surface area contributed by atoms with Crippen LogP contribution in [0.15, 0.2) is 47.4 Å². The molecule has 0 spiro atoms. The molecule has 1 heterocycles. The zero-order valence-electron chi connectivity index (χ0n) is 17.1. The highest BCUT2D eigenvalue weighted by atomic mass is 35.5. The second kappa shape index (κ2) is 10.3. The molecule has 1 aliphatic rings. The van der Waals surface area contributed by atoms with Crippen molar-refractivity contribution in [1.29, 1.82) is 0 Å². The first-order chi connectivity index (χ1) is 14.4. The minimum Gasteiger partial charge on any atom is -0.495 e. The van der Waals surface area contributed by atoms with E-state index in [1.54, 1.807) is 46.8 Å². The highest BCUT2D eigenvalue weighted by Gasteiger charge is 2.24. The summed E-state index contributed by atoms with van der Waals surface area (Å²) in [5.41, 5.74) is 1.42. The summed E-state index contributed by atoms with van der Waals surface area (Å²) in [6.45, 7) is 1.16. The van der Waals surface area contributed by atoms with E-state index in [-0.39, 0.29) is 12.3 Å². The summed E-state index contributed by atoms with van der Waals surface area (Å²) in [5.74, 6) is 0.368. The van der Waals surface area contributed by atoms with Crippen molar-refractivity contribution in [3.8, 4) is 5.75 Å². The molecule has 162 valence electrons. The molecular formula is C22H27ClN2O4S. The van der Waals surface area contributed by atoms with E-state index in [0.717, 1.165) is 31.2 Å². The fraction of sp³-hybridized carbons (Fsp3) is 0.409. The lowest BCUT2D eigenvalue weighted by Crippen LogP contribution is -2.31. The second-order valence-corrected chi connectivity index (χ2v) is 9.73. The summed E-state index contributed by atoms with van der Waals surface area (Å²) < 4.78 is 32.5. The Morgan fingerprint density at radius 1 is 1.07 bits per heavy atom. The summed E-state index contributed by atoms with van der Waals surface area (Å²) in [4.78, 5) is 12.6. The first-order valence-electron chi connectivity index (χ1n) is 10.1. The standard InChI is InChI=1S/C22H27ClN2O4S/c1-29-21-12-9-18(23)16-20(21)24-22(26)13-8-17-6-10-19(11-7-17)30(27,28)25-14-4-2-3-5-15-25/h6-7,9-12,16H,2-5,8,13-15H2,1H3,(H,24,26). The van der Waals surface area contributed by atoms with Gasteiger partial charge in [-0.2, -0.15) is 4.31 Å². The number of hydrogen-bond donors (Lipinski definition) is 1. The van der Waals surface area contributed by atoms with Crippen LogP contribution in [0.4, 0.5) is 5.69 Å². The first-order valence-corrected chi connectivity index (χ1v) is 11.9. The lowest BCUT2D eigenvalue weighted by atomic mass is 10.1. The molecule has 1 fully saturated rings. The van der Waals surface area contributed by atoms with Gasteiger partial charge in [-0.25, -0.2) is 8.42 Å². The van der Waals surface area contributed by atoms with Crippen molar-refractivity contribution in [1.82, 2.24) is 4.31 Å². The lowest BCUT2D eigenvalue weighted by molar-refractivity contribution is -0.116. The second-order valence-electron chi connectivity index (χ2n) is 7.36. The average Bonchev–Trinajstić information content (AvgIpc) is 3.03. The predicted molar refractivity (Wildman–Crippen MR) is 119 cm³/mol. The molecule has 3 rings (SSSR count). The Bertz CT molecular complexity index is 969. The van der Waals surface area contributed by atoms with Crippen LogP contribution in [0.2, 0.25) is 5.02 Å². The predicted octanol–water partition coefficient (Wildman–Crippen LogP) is 4.48. The van der Waals surface area contributed by atoms with Crippen LogP contribution in [-0.4, -0.2) is 38.8 Å². The number of carbonyl (C=O) groups is 1. The van der Waals surface area contributed by atoms with Crippen molar-refractivity contribution in [2.45, 2.75) is 43.4 Å². The number of ether oxygens (including phenoxy) is 1. The fourth-order valence-corrected chi connectivity index (χ4v) is 5.20. The van der Waals surface area contributed by atoms with Gasteiger partial charge in [-0.3, -0.25) is 4.79 Å². The maximum absolute atomic E-state index is 12.8. The third kappa shape index (κ3) is 5.74. The van der Waals surface area contributed by atoms with Crippen LogP contribution in [-0.2, 0) is 21.2 Å². The van der Waals surface area contributed by atoms with Gasteiger partial charge in [-0.1, -0.05) is 36.6 Å². The number of rotatable bonds is 7. The van der Waals surface area contributed by atoms with Crippen LogP contribution < -0.4 is 10.1 Å². The van der Waals surface area contributed by atoms with Crippen LogP contribution >= 0.6 is 11.6 Å². The number of halogens is 1. The molecule has 2 aromatic rings. The molecular weight excluding hydrogens is 424 g/mol. The van der Waals surface area contributed by atoms with E-state index in [1.807, 2.05) is 0 Å². The van der Waals surface area contributed by atoms with Crippen molar-refractivity contribution < 1.29 is 17.9 Å². The third-order valence-corrected chi connectivity index (χ3v) is 7.35. The molecule has 0 aromatic heterocycles. The Morgan fingerprint density at radius 3 is 2.37 bits per heavy atom. The number of anilines is 1. The summed E-state index contributed by atoms with van der Waals surface area (Å²) in [5, 5.41) is 3.31. The topological polar surface area (TPSA) is 75.7 Å². The van der Waals surface area contributed by atoms with Crippen LogP contribution in [0.1, 0.15) is 37.7 Å². The minimum absolute atomic E-state index is 0.170. The Kier molecular flexibility index (Phi) is 7.75. The van der Waals surface area contributed by atoms with Gasteiger partial charge in [-0.15, -0.1) is 0 Å². The van der Waals surface area contributed by atoms with E-state index >= 15 is 0 Å². The molecule has 30 heavy (non-hydrogen) atoms. The van der Waals surface area contributed by atoms with Gasteiger partial charge >= 0.3 is 0 Å². The van der Waals surface area contributed by atoms with Crippen molar-refractivity contribution in [3.63, 3.8) is 0 Å². The van der Waals surface area contributed by atoms with Gasteiger partial charge in [0.25, 0.3) is 0 Å². The largest absolute Gasteiger partial charge is 0.495 e. The average molecular weight is 451 g/mol. The zero-order valence-corrected chi connectivity index (χ0v) is 18.6. The fourth-order valence-electron chi connectivity index (χ4n) is 3.51. The van der Waals surface area contributed by atoms with Gasteiger partial charge in [0.15, 0.2) is 0 Å². The van der Waals surface area contributed by atoms with E-state index in [0.29, 0.717) is 40.9 Å². The normalized spacial score (nSPS) is 15.4. The number of benzene rings is 2. The number of amides is 1. The number of methoxy groups -OCH3 is 1. The molecule has 2 aromatic carbocycles. The highest BCUT2D eigenvalue weighted by Crippen LogP contribution is 2.28. The van der Waals surface area contributed by atoms with E-state index in [1.165, 1.54) is 7.11 Å². The number of nitrogens with one attached hydrogen (secondary N) is 1. The van der Waals surface area contributed by atoms with Crippen LogP contribution in [0.25, 0.3) is 0 Å². The molecule has 1 aliphatic heterocycles. The van der Waals surface area contributed by atoms with Gasteiger partial charge in [0.1, 0.15) is 5.75 Å². The SMILES string of the molecule is COc1ccc(Cl)cc1NC(=O)CCc1ccc(S(=O)(=O)N2CCCCCC2)cc1. The Morgan fingerprint density at radius 2 is 1.73 bits per heavy atom. The monoisotopic (exact) mass is 450 g/mol. The van der Waals surface area contributed by atoms with Crippen molar-refractivity contribution >= 4 is 33.2 Å². The molecule has 0 unspecified atom stereocenters. The van der Waals surface area contributed by atoms with Gasteiger partial charge in [0.05, 0.1) is 17.7 Å². The van der Waals surface area contributed by atoms with Crippen LogP contribution in [0.5, 0.6) is 5.75 Å². The minimum atomic E-state index is -3.46. The van der Waals surface area contributed by atoms with E-state index in [2.05, 4.69) is 5.32 Å². The molecule has 0 aliphatic carbocycles. The highest BCUT2D eigenvalue weighted by molar-refractivity contribution is 7.89. The molecule has 1 amide bonds. The summed E-state index contributed by atoms with van der Waals surface area (Å²) >= 11 is 5.99. The van der Waals surface area contributed by atoms with Crippen LogP contribution in [0.3, 0.4) is 0 Å². The van der Waals surface area contributed by atoms with Gasteiger partial charge in [0, 0.05) is 24.5 Å². The molecule has 8 heteroatoms. The molecule has 1 N–H and O–H groups in total. The summed E-state index contributed by atoms with van der Waals surface area (Å²) in [6, 6.07) is 11.8. The molecule has 0 saturated carbocycles. The smallest absolute Gasteiger partial charge is 0.243 e. The third-order valence-electron chi connectivity index (χ3n) is 5.20. The Balaban J connectivity index is 1.59. The van der Waals surface area contributed by atoms with Crippen molar-refractivity contribution in [2.24, 2.45) is 0 Å². The van der Waals surface area contributed by atoms with E-state index in [9.17, 15) is 13.2 Å². The van der Waals surface area contributed by atoms with Gasteiger partial charge in [-0.05, 0) is 55.2 Å². The maximum Gasteiger partial charge on any atom is 0.243 e. The number of aryl methyl sites for hydroxylation is 1. The number of hydrogen-bond acceptors (Lipinski definition) is 4. The van der Waals surface area contributed by atoms with Gasteiger partial charge in [0.2, 0.25) is 15.9 Å². The molecule has 6 nitrogen and oxygen atoms in total. The molecule has 0 bridgehead atoms. The number of carbonyl (C=O) groups excluding carboxylic acids is 1. The van der Waals surface area contributed by atoms with Crippen molar-refractivity contribution in [2.75, 3.05) is 25.5 Å². The Labute approximate surface area is 183 Å². The number of sulfonamides is 1. The molecule has 0 radical (unpaired) electrons.